The van der Waals surface area contributed by atoms with E-state index < -0.39 is 6.04 Å². The number of fused-ring (bicyclic) bond motifs is 1. The van der Waals surface area contributed by atoms with Gasteiger partial charge in [0.1, 0.15) is 16.7 Å². The number of urea groups is 1. The van der Waals surface area contributed by atoms with Gasteiger partial charge in [-0.05, 0) is 48.8 Å². The van der Waals surface area contributed by atoms with E-state index >= 15 is 0 Å². The first-order chi connectivity index (χ1) is 19.0. The molecule has 0 unspecified atom stereocenters. The lowest BCUT2D eigenvalue weighted by molar-refractivity contribution is 0.236. The lowest BCUT2D eigenvalue weighted by Crippen LogP contribution is -2.39. The van der Waals surface area contributed by atoms with Crippen molar-refractivity contribution in [1.82, 2.24) is 30.8 Å². The smallest absolute Gasteiger partial charge is 0.315 e. The van der Waals surface area contributed by atoms with Gasteiger partial charge in [0.2, 0.25) is 0 Å². The van der Waals surface area contributed by atoms with E-state index in [-0.39, 0.29) is 6.03 Å². The molecule has 39 heavy (non-hydrogen) atoms. The predicted molar refractivity (Wildman–Crippen MR) is 159 cm³/mol. The fourth-order valence-corrected chi connectivity index (χ4v) is 5.61. The lowest BCUT2D eigenvalue weighted by Gasteiger charge is -2.18. The first-order valence-corrected chi connectivity index (χ1v) is 14.4. The van der Waals surface area contributed by atoms with Gasteiger partial charge in [0, 0.05) is 22.4 Å². The largest absolute Gasteiger partial charge is 0.334 e. The number of nitrogens with zero attached hydrogens (tertiary/aromatic N) is 2. The summed E-state index contributed by atoms with van der Waals surface area (Å²) in [5, 5.41) is 14.7. The van der Waals surface area contributed by atoms with E-state index in [1.807, 2.05) is 60.3 Å². The van der Waals surface area contributed by atoms with Crippen LogP contribution in [0.1, 0.15) is 41.9 Å². The van der Waals surface area contributed by atoms with Crippen LogP contribution in [0, 0.1) is 6.92 Å². The highest BCUT2D eigenvalue weighted by Crippen LogP contribution is 2.30. The van der Waals surface area contributed by atoms with Crippen LogP contribution in [0.2, 0.25) is 5.15 Å². The number of amides is 2. The van der Waals surface area contributed by atoms with Crippen molar-refractivity contribution in [3.63, 3.8) is 0 Å². The molecule has 3 aromatic carbocycles. The van der Waals surface area contributed by atoms with Gasteiger partial charge in [-0.1, -0.05) is 78.7 Å². The SMILES string of the molecule is CCCSc1ccc(C)cc1CNC(=O)N[C@@H](Cc1ccccc1)c1nc(-c2ccc3cn[nH]c3c2)c(Cl)[nH]1. The monoisotopic (exact) mass is 558 g/mol. The van der Waals surface area contributed by atoms with Crippen molar-refractivity contribution in [2.45, 2.75) is 44.2 Å². The Morgan fingerprint density at radius 1 is 1.10 bits per heavy atom. The second-order valence-corrected chi connectivity index (χ2v) is 11.0. The highest BCUT2D eigenvalue weighted by Gasteiger charge is 2.22. The van der Waals surface area contributed by atoms with Gasteiger partial charge in [-0.2, -0.15) is 5.10 Å². The minimum absolute atomic E-state index is 0.267. The average molecular weight is 559 g/mol. The molecule has 0 fully saturated rings. The van der Waals surface area contributed by atoms with Crippen LogP contribution < -0.4 is 10.6 Å². The van der Waals surface area contributed by atoms with Crippen LogP contribution in [-0.4, -0.2) is 31.9 Å². The number of benzene rings is 3. The zero-order valence-corrected chi connectivity index (χ0v) is 23.5. The van der Waals surface area contributed by atoms with E-state index in [1.54, 1.807) is 6.20 Å². The van der Waals surface area contributed by atoms with E-state index in [4.69, 9.17) is 16.6 Å². The van der Waals surface area contributed by atoms with Crippen LogP contribution in [0.15, 0.2) is 77.8 Å². The van der Waals surface area contributed by atoms with Crippen molar-refractivity contribution in [2.24, 2.45) is 0 Å². The topological polar surface area (TPSA) is 98.5 Å². The van der Waals surface area contributed by atoms with Crippen LogP contribution in [0.25, 0.3) is 22.2 Å². The van der Waals surface area contributed by atoms with Crippen LogP contribution in [-0.2, 0) is 13.0 Å². The zero-order valence-electron chi connectivity index (χ0n) is 21.9. The summed E-state index contributed by atoms with van der Waals surface area (Å²) in [7, 11) is 0. The van der Waals surface area contributed by atoms with E-state index in [0.717, 1.165) is 39.8 Å². The quantitative estimate of drug-likeness (QED) is 0.136. The van der Waals surface area contributed by atoms with Gasteiger partial charge in [-0.15, -0.1) is 11.8 Å². The van der Waals surface area contributed by atoms with E-state index in [2.05, 4.69) is 57.9 Å². The summed E-state index contributed by atoms with van der Waals surface area (Å²) in [5.74, 6) is 1.63. The summed E-state index contributed by atoms with van der Waals surface area (Å²) >= 11 is 8.44. The van der Waals surface area contributed by atoms with Gasteiger partial charge in [0.05, 0.1) is 17.8 Å². The maximum Gasteiger partial charge on any atom is 0.315 e. The summed E-state index contributed by atoms with van der Waals surface area (Å²) in [6, 6.07) is 21.6. The third-order valence-electron chi connectivity index (χ3n) is 6.43. The molecule has 4 N–H and O–H groups in total. The third-order valence-corrected chi connectivity index (χ3v) is 8.02. The number of nitrogens with one attached hydrogen (secondary N) is 4. The molecule has 5 aromatic rings. The number of aromatic nitrogens is 4. The summed E-state index contributed by atoms with van der Waals surface area (Å²) in [6.45, 7) is 4.67. The van der Waals surface area contributed by atoms with Crippen molar-refractivity contribution in [2.75, 3.05) is 5.75 Å². The minimum atomic E-state index is -0.416. The summed E-state index contributed by atoms with van der Waals surface area (Å²) in [5.41, 5.74) is 5.74. The zero-order chi connectivity index (χ0) is 27.2. The summed E-state index contributed by atoms with van der Waals surface area (Å²) in [6.07, 6.45) is 3.42. The Kier molecular flexibility index (Phi) is 8.54. The third kappa shape index (κ3) is 6.64. The number of halogens is 1. The van der Waals surface area contributed by atoms with E-state index in [0.29, 0.717) is 29.6 Å². The van der Waals surface area contributed by atoms with Crippen LogP contribution in [0.5, 0.6) is 0 Å². The van der Waals surface area contributed by atoms with E-state index in [9.17, 15) is 4.79 Å². The van der Waals surface area contributed by atoms with Crippen molar-refractivity contribution >= 4 is 40.3 Å². The number of carbonyl (C=O) groups is 1. The van der Waals surface area contributed by atoms with Crippen LogP contribution >= 0.6 is 23.4 Å². The number of hydrogen-bond donors (Lipinski definition) is 4. The fourth-order valence-electron chi connectivity index (χ4n) is 4.46. The number of carbonyl (C=O) groups excluding carboxylic acids is 1. The molecular formula is C30H31ClN6OS. The minimum Gasteiger partial charge on any atom is -0.334 e. The van der Waals surface area contributed by atoms with Gasteiger partial charge in [0.15, 0.2) is 0 Å². The molecule has 2 amide bonds. The van der Waals surface area contributed by atoms with E-state index in [1.165, 1.54) is 10.5 Å². The normalized spacial score (nSPS) is 12.0. The molecule has 0 aliphatic heterocycles. The van der Waals surface area contributed by atoms with Crippen molar-refractivity contribution in [1.29, 1.82) is 0 Å². The summed E-state index contributed by atoms with van der Waals surface area (Å²) in [4.78, 5) is 22.4. The first kappa shape index (κ1) is 26.8. The molecule has 0 bridgehead atoms. The molecule has 7 nitrogen and oxygen atoms in total. The number of thioether (sulfide) groups is 1. The molecular weight excluding hydrogens is 528 g/mol. The molecule has 0 saturated heterocycles. The maximum atomic E-state index is 13.2. The number of imidazole rings is 1. The molecule has 0 aliphatic rings. The number of H-pyrrole nitrogens is 2. The highest BCUT2D eigenvalue weighted by molar-refractivity contribution is 7.99. The van der Waals surface area contributed by atoms with Gasteiger partial charge in [-0.25, -0.2) is 9.78 Å². The van der Waals surface area contributed by atoms with Crippen LogP contribution in [0.3, 0.4) is 0 Å². The predicted octanol–water partition coefficient (Wildman–Crippen LogP) is 7.20. The molecule has 1 atom stereocenters. The first-order valence-electron chi connectivity index (χ1n) is 13.0. The molecule has 0 saturated carbocycles. The Hall–Kier alpha value is -3.75. The second kappa shape index (κ2) is 12.4. The maximum absolute atomic E-state index is 13.2. The van der Waals surface area contributed by atoms with Crippen molar-refractivity contribution in [3.05, 3.63) is 101 Å². The Balaban J connectivity index is 1.36. The Morgan fingerprint density at radius 3 is 2.77 bits per heavy atom. The number of aryl methyl sites for hydroxylation is 1. The Labute approximate surface area is 237 Å². The molecule has 0 radical (unpaired) electrons. The number of hydrogen-bond acceptors (Lipinski definition) is 4. The standard InChI is InChI=1S/C30H31ClN6OS/c1-3-13-39-26-12-9-19(2)14-23(26)17-32-30(38)34-25(15-20-7-5-4-6-8-20)29-35-27(28(31)36-29)21-10-11-22-18-33-37-24(22)16-21/h4-12,14,16,18,25H,3,13,15,17H2,1-2H3,(H,33,37)(H,35,36)(H2,32,34,38)/t25-/m0/s1. The number of rotatable bonds is 10. The van der Waals surface area contributed by atoms with Gasteiger partial charge in [-0.3, -0.25) is 5.10 Å². The van der Waals surface area contributed by atoms with Gasteiger partial charge in [0.25, 0.3) is 0 Å². The Bertz CT molecular complexity index is 1560. The molecule has 0 aliphatic carbocycles. The van der Waals surface area contributed by atoms with Crippen molar-refractivity contribution in [3.8, 4) is 11.3 Å². The van der Waals surface area contributed by atoms with Crippen molar-refractivity contribution < 1.29 is 4.79 Å². The molecule has 5 rings (SSSR count). The molecule has 9 heteroatoms. The highest BCUT2D eigenvalue weighted by atomic mass is 35.5. The van der Waals surface area contributed by atoms with Gasteiger partial charge < -0.3 is 15.6 Å². The average Bonchev–Trinajstić information content (AvgIpc) is 3.57. The van der Waals surface area contributed by atoms with Gasteiger partial charge >= 0.3 is 6.03 Å². The molecule has 0 spiro atoms. The number of aromatic amines is 2. The molecule has 2 heterocycles. The lowest BCUT2D eigenvalue weighted by atomic mass is 10.1. The molecule has 2 aromatic heterocycles. The second-order valence-electron chi connectivity index (χ2n) is 9.49. The molecule has 200 valence electrons. The summed E-state index contributed by atoms with van der Waals surface area (Å²) < 4.78 is 0. The Morgan fingerprint density at radius 2 is 1.95 bits per heavy atom. The fraction of sp³-hybridized carbons (Fsp3) is 0.233. The van der Waals surface area contributed by atoms with Crippen LogP contribution in [0.4, 0.5) is 4.79 Å².